The molecule has 1 atom stereocenters. The fraction of sp³-hybridized carbons (Fsp3) is 0.611. The molecule has 0 saturated carbocycles. The molecule has 1 aliphatic heterocycles. The highest BCUT2D eigenvalue weighted by Crippen LogP contribution is 2.14. The van der Waals surface area contributed by atoms with Crippen LogP contribution in [0.4, 0.5) is 0 Å². The summed E-state index contributed by atoms with van der Waals surface area (Å²) in [5.74, 6) is 1.31. The van der Waals surface area contributed by atoms with Gasteiger partial charge >= 0.3 is 0 Å². The van der Waals surface area contributed by atoms with Crippen LogP contribution in [-0.2, 0) is 20.8 Å². The molecule has 0 bridgehead atoms. The minimum absolute atomic E-state index is 0. The zero-order valence-corrected chi connectivity index (χ0v) is 20.4. The van der Waals surface area contributed by atoms with Crippen LogP contribution in [0.3, 0.4) is 0 Å². The maximum Gasteiger partial charge on any atom is 0.213 e. The minimum Gasteiger partial charge on any atom is -0.357 e. The van der Waals surface area contributed by atoms with Crippen molar-refractivity contribution in [3.8, 4) is 0 Å². The quantitative estimate of drug-likeness (QED) is 0.297. The highest BCUT2D eigenvalue weighted by Gasteiger charge is 2.26. The molecule has 0 radical (unpaired) electrons. The molecule has 1 aromatic rings. The molecular weight excluding hydrogens is 511 g/mol. The lowest BCUT2D eigenvalue weighted by Crippen LogP contribution is -2.50. The van der Waals surface area contributed by atoms with Crippen molar-refractivity contribution in [1.29, 1.82) is 0 Å². The first-order valence-electron chi connectivity index (χ1n) is 9.42. The number of rotatable bonds is 8. The van der Waals surface area contributed by atoms with Gasteiger partial charge in [0.2, 0.25) is 10.0 Å². The van der Waals surface area contributed by atoms with E-state index in [1.54, 1.807) is 11.2 Å². The van der Waals surface area contributed by atoms with E-state index in [1.807, 2.05) is 37.3 Å². The van der Waals surface area contributed by atoms with E-state index in [9.17, 15) is 12.6 Å². The predicted octanol–water partition coefficient (Wildman–Crippen LogP) is 1.78. The van der Waals surface area contributed by atoms with Gasteiger partial charge in [0.05, 0.1) is 23.1 Å². The van der Waals surface area contributed by atoms with Gasteiger partial charge in [-0.2, -0.15) is 0 Å². The molecule has 10 heteroatoms. The van der Waals surface area contributed by atoms with E-state index in [1.165, 1.54) is 0 Å². The molecule has 1 fully saturated rings. The van der Waals surface area contributed by atoms with Gasteiger partial charge in [-0.05, 0) is 38.8 Å². The second-order valence-electron chi connectivity index (χ2n) is 6.34. The molecule has 1 heterocycles. The van der Waals surface area contributed by atoms with Crippen LogP contribution in [0.5, 0.6) is 0 Å². The van der Waals surface area contributed by atoms with Gasteiger partial charge in [-0.1, -0.05) is 18.2 Å². The number of aliphatic imine (C=N–C) groups is 1. The fourth-order valence-electron chi connectivity index (χ4n) is 2.90. The first-order chi connectivity index (χ1) is 13.0. The van der Waals surface area contributed by atoms with Gasteiger partial charge in [0, 0.05) is 36.3 Å². The molecule has 1 aromatic carbocycles. The van der Waals surface area contributed by atoms with Gasteiger partial charge in [-0.25, -0.2) is 12.7 Å². The monoisotopic (exact) mass is 542 g/mol. The Kier molecular flexibility index (Phi) is 11.5. The van der Waals surface area contributed by atoms with Gasteiger partial charge in [0.1, 0.15) is 0 Å². The Morgan fingerprint density at radius 2 is 1.86 bits per heavy atom. The van der Waals surface area contributed by atoms with Gasteiger partial charge in [-0.15, -0.1) is 24.0 Å². The topological polar surface area (TPSA) is 90.9 Å². The summed E-state index contributed by atoms with van der Waals surface area (Å²) in [4.78, 5) is 5.34. The molecule has 0 aliphatic carbocycles. The Labute approximate surface area is 188 Å². The Morgan fingerprint density at radius 3 is 2.43 bits per heavy atom. The van der Waals surface area contributed by atoms with Crippen LogP contribution < -0.4 is 10.6 Å². The van der Waals surface area contributed by atoms with E-state index in [0.717, 1.165) is 24.3 Å². The van der Waals surface area contributed by atoms with Crippen LogP contribution in [0.25, 0.3) is 0 Å². The van der Waals surface area contributed by atoms with Crippen LogP contribution in [0.2, 0.25) is 0 Å². The van der Waals surface area contributed by atoms with Crippen LogP contribution in [0, 0.1) is 0 Å². The second-order valence-corrected chi connectivity index (χ2v) is 10.2. The standard InChI is InChI=1S/C18H30N4O3S2.HI/c1-3-19-18(20-12-15-26(23)17-8-6-5-7-9-17)21-16-10-13-22(14-11-16)27(24,25)4-2;/h5-9,16H,3-4,10-15H2,1-2H3,(H2,19,20,21);1H. The minimum atomic E-state index is -3.11. The second kappa shape index (κ2) is 12.8. The number of sulfonamides is 1. The van der Waals surface area contributed by atoms with Crippen molar-refractivity contribution in [3.63, 3.8) is 0 Å². The summed E-state index contributed by atoms with van der Waals surface area (Å²) in [6, 6.07) is 9.58. The molecule has 2 rings (SSSR count). The van der Waals surface area contributed by atoms with Gasteiger partial charge in [0.25, 0.3) is 0 Å². The van der Waals surface area contributed by atoms with Gasteiger partial charge < -0.3 is 10.6 Å². The van der Waals surface area contributed by atoms with Gasteiger partial charge in [0.15, 0.2) is 5.96 Å². The molecular formula is C18H31IN4O3S2. The largest absolute Gasteiger partial charge is 0.357 e. The normalized spacial score (nSPS) is 17.6. The highest BCUT2D eigenvalue weighted by molar-refractivity contribution is 14.0. The van der Waals surface area contributed by atoms with E-state index in [4.69, 9.17) is 0 Å². The third-order valence-electron chi connectivity index (χ3n) is 4.45. The van der Waals surface area contributed by atoms with Crippen molar-refractivity contribution < 1.29 is 12.6 Å². The summed E-state index contributed by atoms with van der Waals surface area (Å²) in [5, 5.41) is 6.58. The molecule has 0 spiro atoms. The molecule has 1 saturated heterocycles. The van der Waals surface area contributed by atoms with Crippen molar-refractivity contribution in [1.82, 2.24) is 14.9 Å². The Morgan fingerprint density at radius 1 is 1.21 bits per heavy atom. The first kappa shape index (κ1) is 25.3. The lowest BCUT2D eigenvalue weighted by atomic mass is 10.1. The maximum atomic E-state index is 12.3. The third kappa shape index (κ3) is 7.96. The Bertz CT molecular complexity index is 736. The zero-order chi connectivity index (χ0) is 19.7. The zero-order valence-electron chi connectivity index (χ0n) is 16.5. The molecule has 28 heavy (non-hydrogen) atoms. The molecule has 1 unspecified atom stereocenters. The molecule has 0 amide bonds. The van der Waals surface area contributed by atoms with E-state index >= 15 is 0 Å². The van der Waals surface area contributed by atoms with Crippen molar-refractivity contribution in [3.05, 3.63) is 30.3 Å². The summed E-state index contributed by atoms with van der Waals surface area (Å²) in [6.45, 7) is 5.93. The number of guanidine groups is 1. The van der Waals surface area contributed by atoms with E-state index in [2.05, 4.69) is 15.6 Å². The number of halogens is 1. The molecule has 0 aromatic heterocycles. The van der Waals surface area contributed by atoms with Crippen LogP contribution in [-0.4, -0.2) is 66.6 Å². The summed E-state index contributed by atoms with van der Waals surface area (Å²) in [7, 11) is -4.17. The Balaban J connectivity index is 0.00000392. The van der Waals surface area contributed by atoms with E-state index in [0.29, 0.717) is 31.3 Å². The lowest BCUT2D eigenvalue weighted by molar-refractivity contribution is 0.306. The number of piperidine rings is 1. The molecule has 1 aliphatic rings. The van der Waals surface area contributed by atoms with Crippen LogP contribution in [0.15, 0.2) is 40.2 Å². The number of hydrogen-bond donors (Lipinski definition) is 2. The summed E-state index contributed by atoms with van der Waals surface area (Å²) < 4.78 is 37.7. The van der Waals surface area contributed by atoms with E-state index < -0.39 is 20.8 Å². The van der Waals surface area contributed by atoms with Gasteiger partial charge in [-0.3, -0.25) is 9.20 Å². The number of hydrogen-bond acceptors (Lipinski definition) is 4. The smallest absolute Gasteiger partial charge is 0.213 e. The Hall–Kier alpha value is -0.720. The van der Waals surface area contributed by atoms with Crippen molar-refractivity contribution in [2.45, 2.75) is 37.6 Å². The molecule has 2 N–H and O–H groups in total. The summed E-state index contributed by atoms with van der Waals surface area (Å²) >= 11 is 0. The van der Waals surface area contributed by atoms with Crippen molar-refractivity contribution in [2.75, 3.05) is 37.7 Å². The average molecular weight is 543 g/mol. The average Bonchev–Trinajstić information content (AvgIpc) is 2.69. The first-order valence-corrected chi connectivity index (χ1v) is 12.3. The SMILES string of the molecule is CCNC(=NCCS(=O)c1ccccc1)NC1CCN(S(=O)(=O)CC)CC1.I. The highest BCUT2D eigenvalue weighted by atomic mass is 127. The summed E-state index contributed by atoms with van der Waals surface area (Å²) in [6.07, 6.45) is 1.50. The van der Waals surface area contributed by atoms with Crippen LogP contribution >= 0.6 is 24.0 Å². The lowest BCUT2D eigenvalue weighted by Gasteiger charge is -2.32. The maximum absolute atomic E-state index is 12.3. The number of nitrogens with zero attached hydrogens (tertiary/aromatic N) is 2. The molecule has 7 nitrogen and oxygen atoms in total. The van der Waals surface area contributed by atoms with E-state index in [-0.39, 0.29) is 35.8 Å². The summed E-state index contributed by atoms with van der Waals surface area (Å²) in [5.41, 5.74) is 0. The molecule has 160 valence electrons. The number of benzene rings is 1. The predicted molar refractivity (Wildman–Crippen MR) is 126 cm³/mol. The third-order valence-corrected chi connectivity index (χ3v) is 7.68. The van der Waals surface area contributed by atoms with Crippen molar-refractivity contribution in [2.24, 2.45) is 4.99 Å². The van der Waals surface area contributed by atoms with Crippen LogP contribution in [0.1, 0.15) is 26.7 Å². The number of nitrogens with one attached hydrogen (secondary N) is 2. The fourth-order valence-corrected chi connectivity index (χ4v) is 4.99. The van der Waals surface area contributed by atoms with Crippen molar-refractivity contribution >= 4 is 50.8 Å².